The van der Waals surface area contributed by atoms with Crippen molar-refractivity contribution in [2.75, 3.05) is 43.8 Å². The standard InChI is InChI=1S/C20H21F3N4O2S/c21-20(22,23)15-5-1-2-6-16(15)25-17(28)13-26-9-11-27(12-10-26)19(29)14-30-18-7-3-4-8-24-18/h1-8H,9-14H2,(H,25,28). The zero-order valence-corrected chi connectivity index (χ0v) is 16.9. The first-order chi connectivity index (χ1) is 14.3. The van der Waals surface area contributed by atoms with Crippen LogP contribution in [0.5, 0.6) is 0 Å². The quantitative estimate of drug-likeness (QED) is 0.703. The minimum atomic E-state index is -4.54. The van der Waals surface area contributed by atoms with Gasteiger partial charge < -0.3 is 10.2 Å². The van der Waals surface area contributed by atoms with Crippen LogP contribution in [0, 0.1) is 0 Å². The number of nitrogens with zero attached hydrogens (tertiary/aromatic N) is 3. The van der Waals surface area contributed by atoms with Gasteiger partial charge in [-0.3, -0.25) is 14.5 Å². The van der Waals surface area contributed by atoms with Crippen LogP contribution in [0.3, 0.4) is 0 Å². The number of anilines is 1. The molecule has 0 atom stereocenters. The fourth-order valence-electron chi connectivity index (χ4n) is 3.05. The van der Waals surface area contributed by atoms with Crippen molar-refractivity contribution in [2.45, 2.75) is 11.2 Å². The zero-order valence-electron chi connectivity index (χ0n) is 16.1. The van der Waals surface area contributed by atoms with Crippen LogP contribution in [-0.4, -0.2) is 65.1 Å². The molecule has 1 aliphatic heterocycles. The van der Waals surface area contributed by atoms with Gasteiger partial charge in [-0.05, 0) is 24.3 Å². The fourth-order valence-corrected chi connectivity index (χ4v) is 3.81. The minimum Gasteiger partial charge on any atom is -0.339 e. The number of benzene rings is 1. The number of hydrogen-bond acceptors (Lipinski definition) is 5. The molecule has 0 radical (unpaired) electrons. The van der Waals surface area contributed by atoms with E-state index in [1.165, 1.54) is 30.0 Å². The average molecular weight is 438 g/mol. The maximum absolute atomic E-state index is 13.0. The van der Waals surface area contributed by atoms with Gasteiger partial charge in [0.2, 0.25) is 11.8 Å². The van der Waals surface area contributed by atoms with Gasteiger partial charge in [-0.1, -0.05) is 30.0 Å². The van der Waals surface area contributed by atoms with Gasteiger partial charge >= 0.3 is 6.18 Å². The van der Waals surface area contributed by atoms with Gasteiger partial charge in [0.15, 0.2) is 0 Å². The van der Waals surface area contributed by atoms with E-state index < -0.39 is 17.6 Å². The van der Waals surface area contributed by atoms with E-state index in [9.17, 15) is 22.8 Å². The number of nitrogens with one attached hydrogen (secondary N) is 1. The monoisotopic (exact) mass is 438 g/mol. The van der Waals surface area contributed by atoms with E-state index in [1.54, 1.807) is 11.1 Å². The number of amides is 2. The summed E-state index contributed by atoms with van der Waals surface area (Å²) < 4.78 is 39.1. The second-order valence-corrected chi connectivity index (χ2v) is 7.70. The van der Waals surface area contributed by atoms with E-state index >= 15 is 0 Å². The van der Waals surface area contributed by atoms with Crippen molar-refractivity contribution in [1.82, 2.24) is 14.8 Å². The molecule has 2 amide bonds. The molecule has 1 aromatic heterocycles. The molecule has 10 heteroatoms. The molecule has 1 aliphatic rings. The third-order valence-corrected chi connectivity index (χ3v) is 5.51. The van der Waals surface area contributed by atoms with Crippen molar-refractivity contribution < 1.29 is 22.8 Å². The van der Waals surface area contributed by atoms with Crippen molar-refractivity contribution in [3.05, 3.63) is 54.2 Å². The topological polar surface area (TPSA) is 65.5 Å². The Morgan fingerprint density at radius 2 is 1.73 bits per heavy atom. The van der Waals surface area contributed by atoms with Crippen molar-refractivity contribution in [3.63, 3.8) is 0 Å². The summed E-state index contributed by atoms with van der Waals surface area (Å²) >= 11 is 1.37. The maximum atomic E-state index is 13.0. The van der Waals surface area contributed by atoms with Crippen LogP contribution in [0.1, 0.15) is 5.56 Å². The molecule has 1 fully saturated rings. The fraction of sp³-hybridized carbons (Fsp3) is 0.350. The number of carbonyl (C=O) groups excluding carboxylic acids is 2. The molecule has 0 aliphatic carbocycles. The van der Waals surface area contributed by atoms with Gasteiger partial charge in [-0.15, -0.1) is 0 Å². The van der Waals surface area contributed by atoms with Crippen molar-refractivity contribution in [2.24, 2.45) is 0 Å². The lowest BCUT2D eigenvalue weighted by Crippen LogP contribution is -2.50. The third-order valence-electron chi connectivity index (χ3n) is 4.58. The molecule has 30 heavy (non-hydrogen) atoms. The SMILES string of the molecule is O=C(CN1CCN(C(=O)CSc2ccccn2)CC1)Nc1ccccc1C(F)(F)F. The molecule has 0 bridgehead atoms. The molecule has 2 heterocycles. The van der Waals surface area contributed by atoms with E-state index in [2.05, 4.69) is 10.3 Å². The Bertz CT molecular complexity index is 872. The number of aromatic nitrogens is 1. The van der Waals surface area contributed by atoms with E-state index in [1.807, 2.05) is 23.1 Å². The zero-order chi connectivity index (χ0) is 21.6. The Hall–Kier alpha value is -2.59. The predicted octanol–water partition coefficient (Wildman–Crippen LogP) is 2.98. The summed E-state index contributed by atoms with van der Waals surface area (Å²) in [7, 11) is 0. The number of halogens is 3. The number of hydrogen-bond donors (Lipinski definition) is 1. The Morgan fingerprint density at radius 1 is 1.03 bits per heavy atom. The summed E-state index contributed by atoms with van der Waals surface area (Å²) in [5, 5.41) is 3.12. The van der Waals surface area contributed by atoms with Crippen LogP contribution in [0.2, 0.25) is 0 Å². The molecule has 0 saturated carbocycles. The molecule has 1 N–H and O–H groups in total. The number of thioether (sulfide) groups is 1. The van der Waals surface area contributed by atoms with Crippen molar-refractivity contribution >= 4 is 29.3 Å². The molecule has 1 saturated heterocycles. The Morgan fingerprint density at radius 3 is 2.40 bits per heavy atom. The predicted molar refractivity (Wildman–Crippen MR) is 108 cm³/mol. The Kier molecular flexibility index (Phi) is 7.33. The molecular weight excluding hydrogens is 417 g/mol. The summed E-state index contributed by atoms with van der Waals surface area (Å²) in [6, 6.07) is 10.4. The lowest BCUT2D eigenvalue weighted by atomic mass is 10.1. The Balaban J connectivity index is 1.44. The lowest BCUT2D eigenvalue weighted by Gasteiger charge is -2.34. The van der Waals surface area contributed by atoms with Crippen LogP contribution in [0.15, 0.2) is 53.7 Å². The number of para-hydroxylation sites is 1. The van der Waals surface area contributed by atoms with Crippen LogP contribution in [0.4, 0.5) is 18.9 Å². The third kappa shape index (κ3) is 6.20. The number of alkyl halides is 3. The van der Waals surface area contributed by atoms with Crippen LogP contribution in [0.25, 0.3) is 0 Å². The molecule has 6 nitrogen and oxygen atoms in total. The van der Waals surface area contributed by atoms with Crippen molar-refractivity contribution in [3.8, 4) is 0 Å². The molecule has 2 aromatic rings. The van der Waals surface area contributed by atoms with Gasteiger partial charge in [0.1, 0.15) is 0 Å². The highest BCUT2D eigenvalue weighted by atomic mass is 32.2. The smallest absolute Gasteiger partial charge is 0.339 e. The second-order valence-electron chi connectivity index (χ2n) is 6.71. The normalized spacial score (nSPS) is 15.1. The first kappa shape index (κ1) is 22.1. The molecule has 160 valence electrons. The van der Waals surface area contributed by atoms with Crippen LogP contribution < -0.4 is 5.32 Å². The van der Waals surface area contributed by atoms with E-state index in [4.69, 9.17) is 0 Å². The van der Waals surface area contributed by atoms with Gasteiger partial charge in [-0.25, -0.2) is 4.98 Å². The molecule has 3 rings (SSSR count). The summed E-state index contributed by atoms with van der Waals surface area (Å²) in [6.07, 6.45) is -2.87. The molecule has 0 unspecified atom stereocenters. The van der Waals surface area contributed by atoms with Crippen LogP contribution >= 0.6 is 11.8 Å². The number of piperazine rings is 1. The summed E-state index contributed by atoms with van der Waals surface area (Å²) in [5.74, 6) is -0.239. The van der Waals surface area contributed by atoms with Gasteiger partial charge in [0, 0.05) is 32.4 Å². The van der Waals surface area contributed by atoms with Gasteiger partial charge in [0.05, 0.1) is 28.6 Å². The number of pyridine rings is 1. The maximum Gasteiger partial charge on any atom is 0.418 e. The van der Waals surface area contributed by atoms with Crippen molar-refractivity contribution in [1.29, 1.82) is 0 Å². The minimum absolute atomic E-state index is 0.00569. The highest BCUT2D eigenvalue weighted by Crippen LogP contribution is 2.34. The Labute approximate surface area is 176 Å². The highest BCUT2D eigenvalue weighted by molar-refractivity contribution is 7.99. The number of carbonyl (C=O) groups is 2. The van der Waals surface area contributed by atoms with Gasteiger partial charge in [-0.2, -0.15) is 13.2 Å². The van der Waals surface area contributed by atoms with Crippen LogP contribution in [-0.2, 0) is 15.8 Å². The first-order valence-electron chi connectivity index (χ1n) is 9.33. The molecular formula is C20H21F3N4O2S. The average Bonchev–Trinajstić information content (AvgIpc) is 2.73. The summed E-state index contributed by atoms with van der Waals surface area (Å²) in [6.45, 7) is 1.86. The largest absolute Gasteiger partial charge is 0.418 e. The molecule has 1 aromatic carbocycles. The summed E-state index contributed by atoms with van der Waals surface area (Å²) in [5.41, 5.74) is -1.13. The number of rotatable bonds is 6. The highest BCUT2D eigenvalue weighted by Gasteiger charge is 2.33. The first-order valence-corrected chi connectivity index (χ1v) is 10.3. The summed E-state index contributed by atoms with van der Waals surface area (Å²) in [4.78, 5) is 32.3. The lowest BCUT2D eigenvalue weighted by molar-refractivity contribution is -0.137. The molecule has 0 spiro atoms. The second kappa shape index (κ2) is 9.94. The van der Waals surface area contributed by atoms with E-state index in [0.717, 1.165) is 11.1 Å². The van der Waals surface area contributed by atoms with Gasteiger partial charge in [0.25, 0.3) is 0 Å². The van der Waals surface area contributed by atoms with E-state index in [0.29, 0.717) is 26.2 Å². The van der Waals surface area contributed by atoms with E-state index in [-0.39, 0.29) is 23.9 Å².